The molecule has 0 radical (unpaired) electrons. The van der Waals surface area contributed by atoms with Gasteiger partial charge in [0.15, 0.2) is 5.78 Å². The highest BCUT2D eigenvalue weighted by Crippen LogP contribution is 2.45. The van der Waals surface area contributed by atoms with Crippen molar-refractivity contribution in [1.82, 2.24) is 4.98 Å². The number of rotatable bonds is 4. The van der Waals surface area contributed by atoms with Gasteiger partial charge in [-0.25, -0.2) is 0 Å². The molecule has 114 valence electrons. The smallest absolute Gasteiger partial charge is 0.227 e. The predicted molar refractivity (Wildman–Crippen MR) is 83.4 cm³/mol. The fourth-order valence-electron chi connectivity index (χ4n) is 3.37. The Balaban J connectivity index is 1.81. The highest BCUT2D eigenvalue weighted by molar-refractivity contribution is 8.00. The summed E-state index contributed by atoms with van der Waals surface area (Å²) in [4.78, 5) is 17.1. The van der Waals surface area contributed by atoms with E-state index in [9.17, 15) is 4.79 Å². The van der Waals surface area contributed by atoms with Crippen molar-refractivity contribution in [1.29, 1.82) is 0 Å². The van der Waals surface area contributed by atoms with Crippen molar-refractivity contribution < 1.29 is 14.3 Å². The van der Waals surface area contributed by atoms with E-state index in [1.165, 1.54) is 19.3 Å². The van der Waals surface area contributed by atoms with Crippen molar-refractivity contribution >= 4 is 17.5 Å². The second-order valence-corrected chi connectivity index (χ2v) is 7.36. The lowest BCUT2D eigenvalue weighted by Gasteiger charge is -2.38. The molecule has 4 nitrogen and oxygen atoms in total. The van der Waals surface area contributed by atoms with Crippen molar-refractivity contribution in [2.24, 2.45) is 5.92 Å². The molecule has 0 aliphatic carbocycles. The number of carbonyl (C=O) groups is 1. The Morgan fingerprint density at radius 2 is 1.90 bits per heavy atom. The van der Waals surface area contributed by atoms with Crippen LogP contribution in [0.1, 0.15) is 42.5 Å². The Kier molecular flexibility index (Phi) is 4.38. The van der Waals surface area contributed by atoms with Crippen LogP contribution in [0.5, 0.6) is 11.8 Å². The molecule has 1 aromatic rings. The van der Waals surface area contributed by atoms with E-state index in [0.29, 0.717) is 27.8 Å². The average molecular weight is 307 g/mol. The molecule has 3 rings (SSSR count). The van der Waals surface area contributed by atoms with Crippen molar-refractivity contribution in [2.45, 2.75) is 42.6 Å². The lowest BCUT2D eigenvalue weighted by atomic mass is 9.84. The Labute approximate surface area is 129 Å². The van der Waals surface area contributed by atoms with Gasteiger partial charge in [-0.1, -0.05) is 6.42 Å². The summed E-state index contributed by atoms with van der Waals surface area (Å²) in [7, 11) is 3.10. The third-order valence-electron chi connectivity index (χ3n) is 4.41. The lowest BCUT2D eigenvalue weighted by molar-refractivity contribution is 0.0892. The first-order valence-electron chi connectivity index (χ1n) is 7.50. The maximum Gasteiger partial charge on any atom is 0.227 e. The van der Waals surface area contributed by atoms with Gasteiger partial charge in [0.2, 0.25) is 11.8 Å². The van der Waals surface area contributed by atoms with Gasteiger partial charge in [-0.15, -0.1) is 0 Å². The van der Waals surface area contributed by atoms with E-state index < -0.39 is 0 Å². The molecule has 5 heteroatoms. The number of ketones is 1. The number of ether oxygens (including phenoxy) is 2. The molecule has 2 aliphatic heterocycles. The Hall–Kier alpha value is -1.23. The van der Waals surface area contributed by atoms with E-state index in [0.717, 1.165) is 12.8 Å². The Morgan fingerprint density at radius 3 is 2.52 bits per heavy atom. The molecular weight excluding hydrogens is 286 g/mol. The third kappa shape index (κ3) is 3.03. The van der Waals surface area contributed by atoms with Crippen LogP contribution in [0.25, 0.3) is 0 Å². The largest absolute Gasteiger partial charge is 0.481 e. The van der Waals surface area contributed by atoms with Crippen molar-refractivity contribution in [3.8, 4) is 11.8 Å². The molecule has 21 heavy (non-hydrogen) atoms. The normalized spacial score (nSPS) is 28.0. The molecule has 0 saturated carbocycles. The second kappa shape index (κ2) is 6.26. The maximum absolute atomic E-state index is 12.8. The first-order chi connectivity index (χ1) is 10.2. The van der Waals surface area contributed by atoms with Gasteiger partial charge in [-0.3, -0.25) is 4.79 Å². The van der Waals surface area contributed by atoms with Crippen molar-refractivity contribution in [2.75, 3.05) is 14.2 Å². The number of hydrogen-bond donors (Lipinski definition) is 0. The first kappa shape index (κ1) is 14.7. The highest BCUT2D eigenvalue weighted by Gasteiger charge is 2.36. The van der Waals surface area contributed by atoms with Crippen LogP contribution < -0.4 is 9.47 Å². The first-order valence-corrected chi connectivity index (χ1v) is 8.44. The van der Waals surface area contributed by atoms with Crippen molar-refractivity contribution in [3.05, 3.63) is 17.7 Å². The summed E-state index contributed by atoms with van der Waals surface area (Å²) in [6, 6.07) is 3.51. The minimum Gasteiger partial charge on any atom is -0.481 e. The SMILES string of the molecule is COc1ccc(C(=O)C2CC3CCCC(C2)S3)c(OC)n1. The fourth-order valence-corrected chi connectivity index (χ4v) is 5.21. The lowest BCUT2D eigenvalue weighted by Crippen LogP contribution is -2.33. The predicted octanol–water partition coefficient (Wildman–Crippen LogP) is 3.35. The van der Waals surface area contributed by atoms with Gasteiger partial charge < -0.3 is 9.47 Å². The van der Waals surface area contributed by atoms with Gasteiger partial charge in [0.25, 0.3) is 0 Å². The molecule has 3 heterocycles. The molecule has 2 saturated heterocycles. The standard InChI is InChI=1S/C16H21NO3S/c1-19-14-7-6-13(16(17-14)20-2)15(18)10-8-11-4-3-5-12(9-10)21-11/h6-7,10-12H,3-5,8-9H2,1-2H3. The number of Topliss-reactive ketones (excluding diaryl/α,β-unsaturated/α-hetero) is 1. The molecule has 0 N–H and O–H groups in total. The van der Waals surface area contributed by atoms with E-state index in [4.69, 9.17) is 9.47 Å². The zero-order valence-corrected chi connectivity index (χ0v) is 13.3. The van der Waals surface area contributed by atoms with E-state index in [1.54, 1.807) is 26.4 Å². The molecule has 2 bridgehead atoms. The summed E-state index contributed by atoms with van der Waals surface area (Å²) in [5.74, 6) is 1.15. The van der Waals surface area contributed by atoms with Crippen LogP contribution in [0.2, 0.25) is 0 Å². The number of nitrogens with zero attached hydrogens (tertiary/aromatic N) is 1. The number of thioether (sulfide) groups is 1. The van der Waals surface area contributed by atoms with Gasteiger partial charge in [0.05, 0.1) is 19.8 Å². The number of carbonyl (C=O) groups excluding carboxylic acids is 1. The van der Waals surface area contributed by atoms with Gasteiger partial charge in [0, 0.05) is 22.5 Å². The monoisotopic (exact) mass is 307 g/mol. The fraction of sp³-hybridized carbons (Fsp3) is 0.625. The van der Waals surface area contributed by atoms with Gasteiger partial charge in [0.1, 0.15) is 0 Å². The molecule has 0 amide bonds. The summed E-state index contributed by atoms with van der Waals surface area (Å²) in [6.07, 6.45) is 5.81. The van der Waals surface area contributed by atoms with Crippen LogP contribution in [0.4, 0.5) is 0 Å². The molecule has 2 fully saturated rings. The number of fused-ring (bicyclic) bond motifs is 2. The van der Waals surface area contributed by atoms with Crippen LogP contribution in [-0.4, -0.2) is 35.5 Å². The summed E-state index contributed by atoms with van der Waals surface area (Å²) in [5.41, 5.74) is 0.591. The summed E-state index contributed by atoms with van der Waals surface area (Å²) in [5, 5.41) is 1.31. The summed E-state index contributed by atoms with van der Waals surface area (Å²) < 4.78 is 10.4. The quantitative estimate of drug-likeness (QED) is 0.798. The molecule has 0 spiro atoms. The molecule has 0 aromatic carbocycles. The van der Waals surface area contributed by atoms with Crippen LogP contribution in [0.3, 0.4) is 0 Å². The zero-order valence-electron chi connectivity index (χ0n) is 12.5. The van der Waals surface area contributed by atoms with E-state index >= 15 is 0 Å². The molecule has 2 unspecified atom stereocenters. The molecule has 2 aliphatic rings. The minimum atomic E-state index is 0.116. The maximum atomic E-state index is 12.8. The molecular formula is C16H21NO3S. The van der Waals surface area contributed by atoms with Gasteiger partial charge in [-0.2, -0.15) is 16.7 Å². The topological polar surface area (TPSA) is 48.4 Å². The summed E-state index contributed by atoms with van der Waals surface area (Å²) in [6.45, 7) is 0. The number of hydrogen-bond acceptors (Lipinski definition) is 5. The highest BCUT2D eigenvalue weighted by atomic mass is 32.2. The van der Waals surface area contributed by atoms with Crippen LogP contribution >= 0.6 is 11.8 Å². The number of pyridine rings is 1. The third-order valence-corrected chi connectivity index (χ3v) is 6.03. The van der Waals surface area contributed by atoms with E-state index in [1.807, 2.05) is 0 Å². The average Bonchev–Trinajstić information content (AvgIpc) is 2.53. The zero-order chi connectivity index (χ0) is 14.8. The van der Waals surface area contributed by atoms with Gasteiger partial charge in [-0.05, 0) is 31.7 Å². The number of methoxy groups -OCH3 is 2. The number of aromatic nitrogens is 1. The van der Waals surface area contributed by atoms with Crippen LogP contribution in [0, 0.1) is 5.92 Å². The molecule has 1 aromatic heterocycles. The Bertz CT molecular complexity index is 522. The van der Waals surface area contributed by atoms with Crippen LogP contribution in [0.15, 0.2) is 12.1 Å². The van der Waals surface area contributed by atoms with Crippen LogP contribution in [-0.2, 0) is 0 Å². The Morgan fingerprint density at radius 1 is 1.19 bits per heavy atom. The summed E-state index contributed by atoms with van der Waals surface area (Å²) >= 11 is 2.09. The second-order valence-electron chi connectivity index (χ2n) is 5.75. The van der Waals surface area contributed by atoms with E-state index in [-0.39, 0.29) is 11.7 Å². The molecule has 2 atom stereocenters. The van der Waals surface area contributed by atoms with Gasteiger partial charge >= 0.3 is 0 Å². The van der Waals surface area contributed by atoms with E-state index in [2.05, 4.69) is 16.7 Å². The minimum absolute atomic E-state index is 0.116. The van der Waals surface area contributed by atoms with Crippen molar-refractivity contribution in [3.63, 3.8) is 0 Å².